The first kappa shape index (κ1) is 16.8. The van der Waals surface area contributed by atoms with Crippen molar-refractivity contribution in [1.29, 1.82) is 0 Å². The highest BCUT2D eigenvalue weighted by atomic mass is 19.1. The average Bonchev–Trinajstić information content (AvgIpc) is 3.03. The van der Waals surface area contributed by atoms with Gasteiger partial charge in [0.05, 0.1) is 11.8 Å². The fraction of sp³-hybridized carbons (Fsp3) is 0.211. The van der Waals surface area contributed by atoms with Crippen LogP contribution in [-0.2, 0) is 13.5 Å². The molecule has 6 heteroatoms. The topological polar surface area (TPSA) is 59.8 Å². The first-order valence-electron chi connectivity index (χ1n) is 8.01. The Bertz CT molecular complexity index is 890. The van der Waals surface area contributed by atoms with Crippen LogP contribution in [0.25, 0.3) is 11.1 Å². The van der Waals surface area contributed by atoms with Crippen molar-refractivity contribution in [2.75, 3.05) is 0 Å². The van der Waals surface area contributed by atoms with Crippen LogP contribution in [0, 0.1) is 5.82 Å². The quantitative estimate of drug-likeness (QED) is 0.778. The summed E-state index contributed by atoms with van der Waals surface area (Å²) < 4.78 is 15.4. The van der Waals surface area contributed by atoms with Crippen LogP contribution in [0.15, 0.2) is 55.1 Å². The van der Waals surface area contributed by atoms with Gasteiger partial charge in [-0.15, -0.1) is 0 Å². The zero-order chi connectivity index (χ0) is 17.8. The van der Waals surface area contributed by atoms with Gasteiger partial charge in [-0.25, -0.2) is 4.39 Å². The van der Waals surface area contributed by atoms with Crippen LogP contribution in [-0.4, -0.2) is 26.7 Å². The first-order valence-corrected chi connectivity index (χ1v) is 8.01. The lowest BCUT2D eigenvalue weighted by Gasteiger charge is -2.14. The van der Waals surface area contributed by atoms with E-state index in [4.69, 9.17) is 0 Å². The van der Waals surface area contributed by atoms with Gasteiger partial charge in [-0.3, -0.25) is 14.5 Å². The van der Waals surface area contributed by atoms with E-state index in [0.717, 1.165) is 11.1 Å². The molecule has 0 fully saturated rings. The molecule has 0 radical (unpaired) electrons. The molecule has 1 amide bonds. The summed E-state index contributed by atoms with van der Waals surface area (Å²) in [5.74, 6) is -0.495. The predicted molar refractivity (Wildman–Crippen MR) is 93.5 cm³/mol. The molecule has 0 bridgehead atoms. The Kier molecular flexibility index (Phi) is 4.88. The monoisotopic (exact) mass is 338 g/mol. The Morgan fingerprint density at radius 2 is 2.04 bits per heavy atom. The largest absolute Gasteiger partial charge is 0.349 e. The second-order valence-electron chi connectivity index (χ2n) is 6.04. The molecule has 25 heavy (non-hydrogen) atoms. The molecule has 128 valence electrons. The number of halogens is 1. The summed E-state index contributed by atoms with van der Waals surface area (Å²) in [6.07, 6.45) is 7.22. The van der Waals surface area contributed by atoms with E-state index in [1.165, 1.54) is 12.3 Å². The van der Waals surface area contributed by atoms with Gasteiger partial charge in [-0.05, 0) is 31.0 Å². The standard InChI is InChI=1S/C19H19FN4O/c1-13(7-14-5-3-4-6-18(14)20)23-19(25)16-8-15(9-21-10-16)17-11-22-24(2)12-17/h3-6,8-13H,7H2,1-2H3,(H,23,25). The van der Waals surface area contributed by atoms with Gasteiger partial charge in [0.1, 0.15) is 5.82 Å². The van der Waals surface area contributed by atoms with E-state index in [-0.39, 0.29) is 17.8 Å². The summed E-state index contributed by atoms with van der Waals surface area (Å²) in [5.41, 5.74) is 2.76. The van der Waals surface area contributed by atoms with Gasteiger partial charge in [-0.2, -0.15) is 5.10 Å². The number of rotatable bonds is 5. The van der Waals surface area contributed by atoms with Gasteiger partial charge in [-0.1, -0.05) is 18.2 Å². The van der Waals surface area contributed by atoms with Crippen LogP contribution in [0.2, 0.25) is 0 Å². The van der Waals surface area contributed by atoms with E-state index in [2.05, 4.69) is 15.4 Å². The summed E-state index contributed by atoms with van der Waals surface area (Å²) in [4.78, 5) is 16.6. The lowest BCUT2D eigenvalue weighted by Crippen LogP contribution is -2.34. The molecule has 1 aromatic carbocycles. The van der Waals surface area contributed by atoms with Crippen molar-refractivity contribution in [3.63, 3.8) is 0 Å². The molecule has 2 heterocycles. The second kappa shape index (κ2) is 7.25. The van der Waals surface area contributed by atoms with Crippen LogP contribution in [0.4, 0.5) is 4.39 Å². The zero-order valence-electron chi connectivity index (χ0n) is 14.1. The minimum atomic E-state index is -0.260. The lowest BCUT2D eigenvalue weighted by atomic mass is 10.1. The summed E-state index contributed by atoms with van der Waals surface area (Å²) in [7, 11) is 1.83. The Balaban J connectivity index is 1.70. The fourth-order valence-corrected chi connectivity index (χ4v) is 2.64. The molecule has 1 atom stereocenters. The maximum absolute atomic E-state index is 13.7. The van der Waals surface area contributed by atoms with Crippen LogP contribution in [0.5, 0.6) is 0 Å². The molecule has 5 nitrogen and oxygen atoms in total. The van der Waals surface area contributed by atoms with E-state index >= 15 is 0 Å². The average molecular weight is 338 g/mol. The summed E-state index contributed by atoms with van der Waals surface area (Å²) in [5, 5.41) is 7.01. The third-order valence-electron chi connectivity index (χ3n) is 3.90. The molecule has 0 spiro atoms. The zero-order valence-corrected chi connectivity index (χ0v) is 14.1. The Labute approximate surface area is 145 Å². The third-order valence-corrected chi connectivity index (χ3v) is 3.90. The molecule has 1 unspecified atom stereocenters. The molecule has 0 saturated carbocycles. The van der Waals surface area contributed by atoms with Gasteiger partial charge in [0.2, 0.25) is 0 Å². The first-order chi connectivity index (χ1) is 12.0. The number of nitrogens with one attached hydrogen (secondary N) is 1. The number of benzene rings is 1. The van der Waals surface area contributed by atoms with Crippen molar-refractivity contribution in [3.05, 3.63) is 72.1 Å². The Morgan fingerprint density at radius 3 is 2.76 bits per heavy atom. The van der Waals surface area contributed by atoms with Gasteiger partial charge < -0.3 is 5.32 Å². The normalized spacial score (nSPS) is 12.0. The number of nitrogens with zero attached hydrogens (tertiary/aromatic N) is 3. The van der Waals surface area contributed by atoms with Crippen molar-refractivity contribution in [2.45, 2.75) is 19.4 Å². The number of aryl methyl sites for hydroxylation is 1. The number of aromatic nitrogens is 3. The van der Waals surface area contributed by atoms with Crippen molar-refractivity contribution in [2.24, 2.45) is 7.05 Å². The minimum Gasteiger partial charge on any atom is -0.349 e. The molecular weight excluding hydrogens is 319 g/mol. The van der Waals surface area contributed by atoms with Gasteiger partial charge in [0.25, 0.3) is 5.91 Å². The van der Waals surface area contributed by atoms with Crippen LogP contribution in [0.1, 0.15) is 22.8 Å². The maximum atomic E-state index is 13.7. The van der Waals surface area contributed by atoms with Crippen LogP contribution < -0.4 is 5.32 Å². The maximum Gasteiger partial charge on any atom is 0.253 e. The summed E-state index contributed by atoms with van der Waals surface area (Å²) >= 11 is 0. The highest BCUT2D eigenvalue weighted by Gasteiger charge is 2.13. The molecule has 3 aromatic rings. The van der Waals surface area contributed by atoms with Crippen molar-refractivity contribution >= 4 is 5.91 Å². The van der Waals surface area contributed by atoms with E-state index < -0.39 is 0 Å². The van der Waals surface area contributed by atoms with E-state index in [9.17, 15) is 9.18 Å². The molecule has 1 N–H and O–H groups in total. The number of hydrogen-bond donors (Lipinski definition) is 1. The molecule has 0 saturated heterocycles. The number of hydrogen-bond acceptors (Lipinski definition) is 3. The molecular formula is C19H19FN4O. The molecule has 0 aliphatic carbocycles. The Hall–Kier alpha value is -3.02. The minimum absolute atomic E-state index is 0.202. The lowest BCUT2D eigenvalue weighted by molar-refractivity contribution is 0.0939. The Morgan fingerprint density at radius 1 is 1.24 bits per heavy atom. The van der Waals surface area contributed by atoms with Crippen molar-refractivity contribution in [3.8, 4) is 11.1 Å². The third kappa shape index (κ3) is 4.09. The molecule has 0 aliphatic rings. The number of carbonyl (C=O) groups is 1. The summed E-state index contributed by atoms with van der Waals surface area (Å²) in [6, 6.07) is 8.15. The number of carbonyl (C=O) groups excluding carboxylic acids is 1. The van der Waals surface area contributed by atoms with Crippen molar-refractivity contribution < 1.29 is 9.18 Å². The van der Waals surface area contributed by atoms with E-state index in [1.54, 1.807) is 41.3 Å². The van der Waals surface area contributed by atoms with Gasteiger partial charge in [0, 0.05) is 42.8 Å². The molecule has 2 aromatic heterocycles. The highest BCUT2D eigenvalue weighted by molar-refractivity contribution is 5.95. The predicted octanol–water partition coefficient (Wildman–Crippen LogP) is 2.98. The van der Waals surface area contributed by atoms with E-state index in [0.29, 0.717) is 17.5 Å². The molecule has 3 rings (SSSR count). The SMILES string of the molecule is CC(Cc1ccccc1F)NC(=O)c1cncc(-c2cnn(C)c2)c1. The van der Waals surface area contributed by atoms with Crippen LogP contribution >= 0.6 is 0 Å². The highest BCUT2D eigenvalue weighted by Crippen LogP contribution is 2.18. The number of amides is 1. The van der Waals surface area contributed by atoms with Crippen molar-refractivity contribution in [1.82, 2.24) is 20.1 Å². The van der Waals surface area contributed by atoms with Crippen LogP contribution in [0.3, 0.4) is 0 Å². The summed E-state index contributed by atoms with van der Waals surface area (Å²) in [6.45, 7) is 1.85. The molecule has 0 aliphatic heterocycles. The smallest absolute Gasteiger partial charge is 0.253 e. The fourth-order valence-electron chi connectivity index (χ4n) is 2.64. The second-order valence-corrected chi connectivity index (χ2v) is 6.04. The van der Waals surface area contributed by atoms with Gasteiger partial charge >= 0.3 is 0 Å². The van der Waals surface area contributed by atoms with Gasteiger partial charge in [0.15, 0.2) is 0 Å². The van der Waals surface area contributed by atoms with E-state index in [1.807, 2.05) is 20.2 Å². The number of pyridine rings is 1.